The van der Waals surface area contributed by atoms with E-state index in [2.05, 4.69) is 52.2 Å². The Bertz CT molecular complexity index is 1060. The van der Waals surface area contributed by atoms with Gasteiger partial charge in [-0.15, -0.1) is 0 Å². The zero-order chi connectivity index (χ0) is 18.6. The van der Waals surface area contributed by atoms with Gasteiger partial charge in [0, 0.05) is 23.6 Å². The summed E-state index contributed by atoms with van der Waals surface area (Å²) in [6.07, 6.45) is 1.87. The van der Waals surface area contributed by atoms with Crippen molar-refractivity contribution in [3.63, 3.8) is 0 Å². The van der Waals surface area contributed by atoms with Crippen LogP contribution in [0.2, 0.25) is 0 Å². The van der Waals surface area contributed by atoms with Crippen LogP contribution in [0.1, 0.15) is 22.4 Å². The molecule has 0 fully saturated rings. The number of ether oxygens (including phenoxy) is 1. The van der Waals surface area contributed by atoms with Gasteiger partial charge in [0.2, 0.25) is 0 Å². The number of benzene rings is 2. The molecule has 0 aliphatic rings. The highest BCUT2D eigenvalue weighted by atomic mass is 32.2. The molecule has 1 N–H and O–H groups in total. The van der Waals surface area contributed by atoms with Crippen molar-refractivity contribution >= 4 is 22.8 Å². The van der Waals surface area contributed by atoms with Crippen LogP contribution in [-0.2, 0) is 12.4 Å². The summed E-state index contributed by atoms with van der Waals surface area (Å²) in [7, 11) is 0. The Morgan fingerprint density at radius 2 is 1.89 bits per heavy atom. The van der Waals surface area contributed by atoms with Crippen LogP contribution in [0, 0.1) is 13.8 Å². The SMILES string of the molecule is Cc1ccc2[nH]c(SCc3cc(OCc4ccccc4)c(C)cn3)nc2c1. The summed E-state index contributed by atoms with van der Waals surface area (Å²) < 4.78 is 6.00. The molecule has 2 aromatic heterocycles. The molecule has 2 heterocycles. The molecule has 27 heavy (non-hydrogen) atoms. The molecule has 0 saturated heterocycles. The van der Waals surface area contributed by atoms with Gasteiger partial charge >= 0.3 is 0 Å². The minimum atomic E-state index is 0.557. The van der Waals surface area contributed by atoms with Crippen molar-refractivity contribution in [3.8, 4) is 5.75 Å². The van der Waals surface area contributed by atoms with Crippen LogP contribution in [0.4, 0.5) is 0 Å². The van der Waals surface area contributed by atoms with E-state index in [1.165, 1.54) is 5.56 Å². The van der Waals surface area contributed by atoms with Crippen LogP contribution < -0.4 is 4.74 Å². The second-order valence-electron chi connectivity index (χ2n) is 6.57. The van der Waals surface area contributed by atoms with Crippen LogP contribution in [0.15, 0.2) is 66.0 Å². The number of hydrogen-bond acceptors (Lipinski definition) is 4. The molecule has 0 atom stereocenters. The molecule has 136 valence electrons. The molecule has 0 unspecified atom stereocenters. The van der Waals surface area contributed by atoms with Crippen molar-refractivity contribution in [2.75, 3.05) is 0 Å². The average molecular weight is 375 g/mol. The van der Waals surface area contributed by atoms with Gasteiger partial charge in [-0.3, -0.25) is 4.98 Å². The Morgan fingerprint density at radius 3 is 2.74 bits per heavy atom. The standard InChI is InChI=1S/C22H21N3OS/c1-15-8-9-19-20(10-15)25-22(24-19)27-14-18-11-21(16(2)12-23-18)26-13-17-6-4-3-5-7-17/h3-12H,13-14H2,1-2H3,(H,24,25). The van der Waals surface area contributed by atoms with E-state index in [-0.39, 0.29) is 0 Å². The smallest absolute Gasteiger partial charge is 0.166 e. The lowest BCUT2D eigenvalue weighted by Crippen LogP contribution is -1.99. The van der Waals surface area contributed by atoms with E-state index in [0.29, 0.717) is 6.61 Å². The van der Waals surface area contributed by atoms with Gasteiger partial charge in [-0.25, -0.2) is 4.98 Å². The summed E-state index contributed by atoms with van der Waals surface area (Å²) >= 11 is 1.65. The molecular formula is C22H21N3OS. The van der Waals surface area contributed by atoms with Gasteiger partial charge in [-0.2, -0.15) is 0 Å². The van der Waals surface area contributed by atoms with E-state index in [1.807, 2.05) is 37.4 Å². The van der Waals surface area contributed by atoms with Crippen LogP contribution in [0.3, 0.4) is 0 Å². The monoisotopic (exact) mass is 375 g/mol. The summed E-state index contributed by atoms with van der Waals surface area (Å²) in [6.45, 7) is 4.65. The highest BCUT2D eigenvalue weighted by Crippen LogP contribution is 2.26. The van der Waals surface area contributed by atoms with Crippen LogP contribution in [-0.4, -0.2) is 15.0 Å². The maximum absolute atomic E-state index is 6.00. The summed E-state index contributed by atoms with van der Waals surface area (Å²) in [6, 6.07) is 18.5. The van der Waals surface area contributed by atoms with Gasteiger partial charge < -0.3 is 9.72 Å². The summed E-state index contributed by atoms with van der Waals surface area (Å²) in [4.78, 5) is 12.5. The minimum Gasteiger partial charge on any atom is -0.489 e. The Labute approximate surface area is 163 Å². The minimum absolute atomic E-state index is 0.557. The van der Waals surface area contributed by atoms with E-state index in [1.54, 1.807) is 11.8 Å². The topological polar surface area (TPSA) is 50.8 Å². The molecule has 0 radical (unpaired) electrons. The first-order valence-corrected chi connectivity index (χ1v) is 9.87. The van der Waals surface area contributed by atoms with Crippen molar-refractivity contribution in [2.45, 2.75) is 31.4 Å². The average Bonchev–Trinajstić information content (AvgIpc) is 3.09. The predicted molar refractivity (Wildman–Crippen MR) is 110 cm³/mol. The van der Waals surface area contributed by atoms with Crippen LogP contribution >= 0.6 is 11.8 Å². The number of hydrogen-bond donors (Lipinski definition) is 1. The number of H-pyrrole nitrogens is 1. The number of thioether (sulfide) groups is 1. The molecular weight excluding hydrogens is 354 g/mol. The molecule has 5 heteroatoms. The highest BCUT2D eigenvalue weighted by Gasteiger charge is 2.07. The molecule has 2 aromatic carbocycles. The van der Waals surface area contributed by atoms with E-state index in [0.717, 1.165) is 44.5 Å². The number of imidazole rings is 1. The third-order valence-corrected chi connectivity index (χ3v) is 5.23. The van der Waals surface area contributed by atoms with Crippen molar-refractivity contribution in [1.29, 1.82) is 0 Å². The number of fused-ring (bicyclic) bond motifs is 1. The first-order chi connectivity index (χ1) is 13.2. The number of aryl methyl sites for hydroxylation is 2. The van der Waals surface area contributed by atoms with E-state index in [4.69, 9.17) is 4.74 Å². The summed E-state index contributed by atoms with van der Waals surface area (Å²) in [5.41, 5.74) is 6.45. The number of nitrogens with zero attached hydrogens (tertiary/aromatic N) is 2. The zero-order valence-corrected chi connectivity index (χ0v) is 16.2. The van der Waals surface area contributed by atoms with E-state index >= 15 is 0 Å². The fourth-order valence-corrected chi connectivity index (χ4v) is 3.61. The molecule has 0 aliphatic carbocycles. The van der Waals surface area contributed by atoms with Gasteiger partial charge in [0.05, 0.1) is 16.7 Å². The quantitative estimate of drug-likeness (QED) is 0.456. The number of pyridine rings is 1. The highest BCUT2D eigenvalue weighted by molar-refractivity contribution is 7.98. The third-order valence-electron chi connectivity index (χ3n) is 4.32. The largest absolute Gasteiger partial charge is 0.489 e. The molecule has 4 nitrogen and oxygen atoms in total. The van der Waals surface area contributed by atoms with Gasteiger partial charge in [-0.05, 0) is 37.1 Å². The van der Waals surface area contributed by atoms with Gasteiger partial charge in [0.15, 0.2) is 5.16 Å². The van der Waals surface area contributed by atoms with Gasteiger partial charge in [0.25, 0.3) is 0 Å². The number of aromatic amines is 1. The second kappa shape index (κ2) is 7.84. The Kier molecular flexibility index (Phi) is 5.12. The fraction of sp³-hybridized carbons (Fsp3) is 0.182. The number of rotatable bonds is 6. The Balaban J connectivity index is 1.44. The number of aromatic nitrogens is 3. The molecule has 4 aromatic rings. The normalized spacial score (nSPS) is 11.0. The van der Waals surface area contributed by atoms with Gasteiger partial charge in [0.1, 0.15) is 12.4 Å². The van der Waals surface area contributed by atoms with Crippen molar-refractivity contribution in [1.82, 2.24) is 15.0 Å². The molecule has 0 spiro atoms. The Morgan fingerprint density at radius 1 is 1.04 bits per heavy atom. The fourth-order valence-electron chi connectivity index (χ4n) is 2.82. The molecule has 0 saturated carbocycles. The lowest BCUT2D eigenvalue weighted by atomic mass is 10.2. The summed E-state index contributed by atoms with van der Waals surface area (Å²) in [5, 5.41) is 0.907. The lowest BCUT2D eigenvalue weighted by molar-refractivity contribution is 0.303. The first kappa shape index (κ1) is 17.6. The first-order valence-electron chi connectivity index (χ1n) is 8.89. The lowest BCUT2D eigenvalue weighted by Gasteiger charge is -2.10. The van der Waals surface area contributed by atoms with Crippen molar-refractivity contribution in [2.24, 2.45) is 0 Å². The maximum atomic E-state index is 6.00. The molecule has 0 bridgehead atoms. The predicted octanol–water partition coefficient (Wildman–Crippen LogP) is 5.45. The molecule has 0 amide bonds. The van der Waals surface area contributed by atoms with Gasteiger partial charge in [-0.1, -0.05) is 48.2 Å². The van der Waals surface area contributed by atoms with Crippen molar-refractivity contribution < 1.29 is 4.74 Å². The van der Waals surface area contributed by atoms with Crippen molar-refractivity contribution in [3.05, 3.63) is 83.2 Å². The van der Waals surface area contributed by atoms with Crippen LogP contribution in [0.25, 0.3) is 11.0 Å². The Hall–Kier alpha value is -2.79. The second-order valence-corrected chi connectivity index (χ2v) is 7.53. The van der Waals surface area contributed by atoms with E-state index < -0.39 is 0 Å². The zero-order valence-electron chi connectivity index (χ0n) is 15.4. The summed E-state index contributed by atoms with van der Waals surface area (Å²) in [5.74, 6) is 1.62. The number of nitrogens with one attached hydrogen (secondary N) is 1. The van der Waals surface area contributed by atoms with Crippen LogP contribution in [0.5, 0.6) is 5.75 Å². The molecule has 4 rings (SSSR count). The molecule has 0 aliphatic heterocycles. The third kappa shape index (κ3) is 4.31. The maximum Gasteiger partial charge on any atom is 0.166 e. The van der Waals surface area contributed by atoms with E-state index in [9.17, 15) is 0 Å².